The van der Waals surface area contributed by atoms with Crippen LogP contribution in [0.15, 0.2) is 36.4 Å². The van der Waals surface area contributed by atoms with Gasteiger partial charge in [0.2, 0.25) is 0 Å². The van der Waals surface area contributed by atoms with Crippen LogP contribution in [0.2, 0.25) is 5.02 Å². The summed E-state index contributed by atoms with van der Waals surface area (Å²) in [5, 5.41) is 3.03. The first-order chi connectivity index (χ1) is 5.38. The highest BCUT2D eigenvalue weighted by atomic mass is 35.5. The van der Waals surface area contributed by atoms with E-state index in [-0.39, 0.29) is 0 Å². The first-order valence-corrected chi connectivity index (χ1v) is 3.80. The zero-order valence-corrected chi connectivity index (χ0v) is 6.60. The third-order valence-corrected chi connectivity index (χ3v) is 2.00. The summed E-state index contributed by atoms with van der Waals surface area (Å²) in [5.74, 6) is 0. The maximum absolute atomic E-state index is 5.94. The quantitative estimate of drug-likeness (QED) is 0.556. The van der Waals surface area contributed by atoms with Crippen molar-refractivity contribution in [3.63, 3.8) is 0 Å². The van der Waals surface area contributed by atoms with Crippen molar-refractivity contribution < 1.29 is 0 Å². The predicted octanol–water partition coefficient (Wildman–Crippen LogP) is 3.29. The minimum atomic E-state index is 0.802. The van der Waals surface area contributed by atoms with Crippen LogP contribution < -0.4 is 0 Å². The van der Waals surface area contributed by atoms with Crippen molar-refractivity contribution in [2.45, 2.75) is 0 Å². The summed E-state index contributed by atoms with van der Waals surface area (Å²) in [6, 6.07) is 14.6. The second-order valence-corrected chi connectivity index (χ2v) is 2.79. The molecule has 0 aliphatic heterocycles. The van der Waals surface area contributed by atoms with Crippen molar-refractivity contribution in [1.29, 1.82) is 0 Å². The molecule has 0 N–H and O–H groups in total. The molecule has 2 aromatic carbocycles. The summed E-state index contributed by atoms with van der Waals surface area (Å²) >= 11 is 5.94. The molecule has 11 heavy (non-hydrogen) atoms. The predicted molar refractivity (Wildman–Crippen MR) is 47.8 cm³/mol. The van der Waals surface area contributed by atoms with Gasteiger partial charge >= 0.3 is 0 Å². The van der Waals surface area contributed by atoms with Crippen LogP contribution in [0.5, 0.6) is 0 Å². The Morgan fingerprint density at radius 3 is 2.91 bits per heavy atom. The monoisotopic (exact) mass is 161 g/mol. The summed E-state index contributed by atoms with van der Waals surface area (Å²) < 4.78 is 0. The number of benzene rings is 2. The SMILES string of the molecule is Clc1cccc2c[c]ccc12. The molecule has 53 valence electrons. The molecule has 0 saturated heterocycles. The third-order valence-electron chi connectivity index (χ3n) is 1.67. The van der Waals surface area contributed by atoms with Gasteiger partial charge in [-0.05, 0) is 23.6 Å². The van der Waals surface area contributed by atoms with Crippen LogP contribution in [0.3, 0.4) is 0 Å². The van der Waals surface area contributed by atoms with Gasteiger partial charge in [-0.2, -0.15) is 0 Å². The highest BCUT2D eigenvalue weighted by Gasteiger charge is 1.94. The van der Waals surface area contributed by atoms with E-state index in [0.717, 1.165) is 15.8 Å². The van der Waals surface area contributed by atoms with Gasteiger partial charge in [-0.1, -0.05) is 35.9 Å². The molecule has 2 aromatic rings. The van der Waals surface area contributed by atoms with Crippen molar-refractivity contribution >= 4 is 22.4 Å². The Labute approximate surface area is 70.4 Å². The first kappa shape index (κ1) is 6.68. The lowest BCUT2D eigenvalue weighted by atomic mass is 10.1. The lowest BCUT2D eigenvalue weighted by molar-refractivity contribution is 1.74. The summed E-state index contributed by atoms with van der Waals surface area (Å²) in [7, 11) is 0. The molecule has 0 bridgehead atoms. The van der Waals surface area contributed by atoms with Crippen LogP contribution in [0.1, 0.15) is 0 Å². The standard InChI is InChI=1S/C10H6Cl/c11-10-7-3-5-8-4-1-2-6-9(8)10/h2-7H. The van der Waals surface area contributed by atoms with E-state index >= 15 is 0 Å². The summed E-state index contributed by atoms with van der Waals surface area (Å²) in [6.45, 7) is 0. The molecule has 0 fully saturated rings. The van der Waals surface area contributed by atoms with Crippen LogP contribution in [-0.4, -0.2) is 0 Å². The zero-order valence-electron chi connectivity index (χ0n) is 5.84. The lowest BCUT2D eigenvalue weighted by Crippen LogP contribution is -1.71. The highest BCUT2D eigenvalue weighted by molar-refractivity contribution is 6.35. The third kappa shape index (κ3) is 1.10. The molecule has 0 nitrogen and oxygen atoms in total. The van der Waals surface area contributed by atoms with E-state index in [1.54, 1.807) is 0 Å². The molecule has 0 atom stereocenters. The largest absolute Gasteiger partial charge is 0.0837 e. The Morgan fingerprint density at radius 1 is 1.18 bits per heavy atom. The molecule has 2 rings (SSSR count). The van der Waals surface area contributed by atoms with Gasteiger partial charge in [0.1, 0.15) is 0 Å². The average molecular weight is 162 g/mol. The lowest BCUT2D eigenvalue weighted by Gasteiger charge is -1.96. The van der Waals surface area contributed by atoms with Gasteiger partial charge < -0.3 is 0 Å². The normalized spacial score (nSPS) is 10.3. The van der Waals surface area contributed by atoms with E-state index in [9.17, 15) is 0 Å². The average Bonchev–Trinajstić information content (AvgIpc) is 2.06. The number of hydrogen-bond acceptors (Lipinski definition) is 0. The van der Waals surface area contributed by atoms with Gasteiger partial charge in [0.05, 0.1) is 0 Å². The fraction of sp³-hybridized carbons (Fsp3) is 0. The molecule has 1 radical (unpaired) electrons. The van der Waals surface area contributed by atoms with Crippen LogP contribution in [0, 0.1) is 6.07 Å². The van der Waals surface area contributed by atoms with Gasteiger partial charge in [0.15, 0.2) is 0 Å². The van der Waals surface area contributed by atoms with Gasteiger partial charge in [-0.25, -0.2) is 0 Å². The fourth-order valence-electron chi connectivity index (χ4n) is 1.12. The highest BCUT2D eigenvalue weighted by Crippen LogP contribution is 2.21. The van der Waals surface area contributed by atoms with Crippen LogP contribution in [0.4, 0.5) is 0 Å². The van der Waals surface area contributed by atoms with E-state index < -0.39 is 0 Å². The minimum absolute atomic E-state index is 0.802. The van der Waals surface area contributed by atoms with Crippen LogP contribution in [-0.2, 0) is 0 Å². The Bertz CT molecular complexity index is 374. The van der Waals surface area contributed by atoms with E-state index in [2.05, 4.69) is 6.07 Å². The molecule has 0 heterocycles. The number of halogens is 1. The maximum atomic E-state index is 5.94. The molecule has 0 aliphatic carbocycles. The second-order valence-electron chi connectivity index (χ2n) is 2.39. The van der Waals surface area contributed by atoms with Crippen LogP contribution in [0.25, 0.3) is 10.8 Å². The van der Waals surface area contributed by atoms with Gasteiger partial charge in [0.25, 0.3) is 0 Å². The van der Waals surface area contributed by atoms with Gasteiger partial charge in [0, 0.05) is 10.4 Å². The molecular formula is C10H6Cl. The molecule has 0 aliphatic rings. The fourth-order valence-corrected chi connectivity index (χ4v) is 1.37. The van der Waals surface area contributed by atoms with Crippen molar-refractivity contribution in [2.24, 2.45) is 0 Å². The number of hydrogen-bond donors (Lipinski definition) is 0. The smallest absolute Gasteiger partial charge is 0.0484 e. The Kier molecular flexibility index (Phi) is 1.55. The molecular weight excluding hydrogens is 156 g/mol. The Hall–Kier alpha value is -1.01. The molecule has 0 spiro atoms. The van der Waals surface area contributed by atoms with E-state index in [4.69, 9.17) is 11.6 Å². The van der Waals surface area contributed by atoms with E-state index in [1.165, 1.54) is 0 Å². The molecule has 0 unspecified atom stereocenters. The van der Waals surface area contributed by atoms with Crippen LogP contribution >= 0.6 is 11.6 Å². The van der Waals surface area contributed by atoms with E-state index in [0.29, 0.717) is 0 Å². The molecule has 0 aromatic heterocycles. The maximum Gasteiger partial charge on any atom is 0.0484 e. The molecule has 0 saturated carbocycles. The Balaban J connectivity index is 2.91. The molecule has 1 heteroatoms. The first-order valence-electron chi connectivity index (χ1n) is 3.42. The minimum Gasteiger partial charge on any atom is -0.0837 e. The summed E-state index contributed by atoms with van der Waals surface area (Å²) in [6.07, 6.45) is 0. The van der Waals surface area contributed by atoms with Crippen molar-refractivity contribution in [2.75, 3.05) is 0 Å². The van der Waals surface area contributed by atoms with E-state index in [1.807, 2.05) is 36.4 Å². The zero-order chi connectivity index (χ0) is 7.68. The topological polar surface area (TPSA) is 0 Å². The van der Waals surface area contributed by atoms with Crippen molar-refractivity contribution in [3.05, 3.63) is 47.5 Å². The molecule has 0 amide bonds. The number of rotatable bonds is 0. The summed E-state index contributed by atoms with van der Waals surface area (Å²) in [4.78, 5) is 0. The second kappa shape index (κ2) is 2.55. The number of fused-ring (bicyclic) bond motifs is 1. The van der Waals surface area contributed by atoms with Crippen molar-refractivity contribution in [1.82, 2.24) is 0 Å². The Morgan fingerprint density at radius 2 is 2.09 bits per heavy atom. The van der Waals surface area contributed by atoms with Gasteiger partial charge in [-0.15, -0.1) is 0 Å². The summed E-state index contributed by atoms with van der Waals surface area (Å²) in [5.41, 5.74) is 0. The van der Waals surface area contributed by atoms with Gasteiger partial charge in [-0.3, -0.25) is 0 Å². The van der Waals surface area contributed by atoms with Crippen molar-refractivity contribution in [3.8, 4) is 0 Å².